The topological polar surface area (TPSA) is 61.0 Å². The Morgan fingerprint density at radius 2 is 1.68 bits per heavy atom. The third-order valence-corrected chi connectivity index (χ3v) is 2.52. The second-order valence-corrected chi connectivity index (χ2v) is 5.29. The van der Waals surface area contributed by atoms with E-state index < -0.39 is 0 Å². The lowest BCUT2D eigenvalue weighted by Gasteiger charge is -2.21. The lowest BCUT2D eigenvalue weighted by Crippen LogP contribution is -2.22. The number of hydrogen-bond donors (Lipinski definition) is 1. The third-order valence-electron chi connectivity index (χ3n) is 2.52. The highest BCUT2D eigenvalue weighted by atomic mass is 16.5. The molecule has 0 saturated heterocycles. The quantitative estimate of drug-likeness (QED) is 0.918. The second-order valence-electron chi connectivity index (χ2n) is 5.29. The molecule has 0 saturated carbocycles. The Labute approximate surface area is 113 Å². The predicted molar refractivity (Wildman–Crippen MR) is 75.7 cm³/mol. The molecule has 0 aliphatic heterocycles. The first-order valence-corrected chi connectivity index (χ1v) is 6.29. The van der Waals surface area contributed by atoms with Gasteiger partial charge in [0, 0.05) is 24.5 Å². The summed E-state index contributed by atoms with van der Waals surface area (Å²) in [6, 6.07) is 7.83. The fourth-order valence-corrected chi connectivity index (χ4v) is 1.79. The average Bonchev–Trinajstić information content (AvgIpc) is 2.38. The van der Waals surface area contributed by atoms with E-state index in [9.17, 15) is 0 Å². The van der Waals surface area contributed by atoms with Crippen molar-refractivity contribution in [3.8, 4) is 17.0 Å². The van der Waals surface area contributed by atoms with Crippen molar-refractivity contribution >= 4 is 0 Å². The van der Waals surface area contributed by atoms with Crippen molar-refractivity contribution in [2.45, 2.75) is 32.9 Å². The summed E-state index contributed by atoms with van der Waals surface area (Å²) in [6.45, 7) is 6.45. The van der Waals surface area contributed by atoms with Crippen LogP contribution in [0.3, 0.4) is 0 Å². The van der Waals surface area contributed by atoms with E-state index in [1.807, 2.05) is 45.0 Å². The molecule has 0 bridgehead atoms. The first kappa shape index (κ1) is 13.5. The molecule has 0 fully saturated rings. The molecule has 19 heavy (non-hydrogen) atoms. The molecule has 1 heterocycles. The van der Waals surface area contributed by atoms with Gasteiger partial charge in [0.1, 0.15) is 11.4 Å². The normalized spacial score (nSPS) is 11.4. The summed E-state index contributed by atoms with van der Waals surface area (Å²) in [6.07, 6.45) is 3.33. The average molecular weight is 257 g/mol. The van der Waals surface area contributed by atoms with Gasteiger partial charge in [-0.15, -0.1) is 0 Å². The Hall–Kier alpha value is -1.94. The fraction of sp³-hybridized carbons (Fsp3) is 0.333. The van der Waals surface area contributed by atoms with Crippen molar-refractivity contribution in [3.05, 3.63) is 42.4 Å². The van der Waals surface area contributed by atoms with Gasteiger partial charge >= 0.3 is 0 Å². The predicted octanol–water partition coefficient (Wildman–Crippen LogP) is 2.78. The molecule has 0 unspecified atom stereocenters. The zero-order valence-electron chi connectivity index (χ0n) is 11.6. The molecule has 0 atom stereocenters. The van der Waals surface area contributed by atoms with E-state index in [1.54, 1.807) is 12.4 Å². The number of aromatic nitrogens is 2. The van der Waals surface area contributed by atoms with E-state index in [1.165, 1.54) is 0 Å². The number of benzene rings is 1. The molecule has 0 aliphatic rings. The van der Waals surface area contributed by atoms with Gasteiger partial charge in [0.15, 0.2) is 0 Å². The van der Waals surface area contributed by atoms with Gasteiger partial charge in [-0.1, -0.05) is 0 Å². The van der Waals surface area contributed by atoms with Crippen LogP contribution in [0.2, 0.25) is 0 Å². The number of nitrogens with zero attached hydrogens (tertiary/aromatic N) is 2. The summed E-state index contributed by atoms with van der Waals surface area (Å²) in [7, 11) is 0. The summed E-state index contributed by atoms with van der Waals surface area (Å²) in [5.41, 5.74) is 8.10. The molecule has 4 heteroatoms. The summed E-state index contributed by atoms with van der Waals surface area (Å²) in [5, 5.41) is 0. The van der Waals surface area contributed by atoms with Crippen LogP contribution in [0.15, 0.2) is 36.7 Å². The van der Waals surface area contributed by atoms with Crippen molar-refractivity contribution in [2.75, 3.05) is 0 Å². The van der Waals surface area contributed by atoms with E-state index in [4.69, 9.17) is 10.5 Å². The van der Waals surface area contributed by atoms with Crippen LogP contribution in [0.25, 0.3) is 11.3 Å². The Kier molecular flexibility index (Phi) is 3.81. The van der Waals surface area contributed by atoms with Crippen LogP contribution in [-0.2, 0) is 6.54 Å². The minimum atomic E-state index is -0.198. The fourth-order valence-electron chi connectivity index (χ4n) is 1.79. The van der Waals surface area contributed by atoms with E-state index in [2.05, 4.69) is 9.97 Å². The molecule has 0 amide bonds. The van der Waals surface area contributed by atoms with Crippen LogP contribution in [0.4, 0.5) is 0 Å². The van der Waals surface area contributed by atoms with Crippen molar-refractivity contribution in [1.82, 2.24) is 9.97 Å². The van der Waals surface area contributed by atoms with Gasteiger partial charge < -0.3 is 10.5 Å². The highest BCUT2D eigenvalue weighted by Gasteiger charge is 2.12. The molecule has 100 valence electrons. The molecular weight excluding hydrogens is 238 g/mol. The monoisotopic (exact) mass is 257 g/mol. The van der Waals surface area contributed by atoms with Gasteiger partial charge in [-0.05, 0) is 45.0 Å². The molecule has 2 N–H and O–H groups in total. The largest absolute Gasteiger partial charge is 0.488 e. The van der Waals surface area contributed by atoms with Crippen molar-refractivity contribution in [3.63, 3.8) is 0 Å². The van der Waals surface area contributed by atoms with Gasteiger partial charge in [-0.25, -0.2) is 0 Å². The number of hydrogen-bond acceptors (Lipinski definition) is 4. The maximum Gasteiger partial charge on any atom is 0.120 e. The SMILES string of the molecule is CC(C)(C)Oc1ccc(-c2nccnc2CN)cc1. The van der Waals surface area contributed by atoms with Crippen LogP contribution in [0.5, 0.6) is 5.75 Å². The van der Waals surface area contributed by atoms with Gasteiger partial charge in [-0.2, -0.15) is 0 Å². The molecule has 4 nitrogen and oxygen atoms in total. The molecular formula is C15H19N3O. The molecule has 1 aromatic carbocycles. The van der Waals surface area contributed by atoms with Crippen molar-refractivity contribution in [2.24, 2.45) is 5.73 Å². The highest BCUT2D eigenvalue weighted by molar-refractivity contribution is 5.62. The minimum absolute atomic E-state index is 0.198. The summed E-state index contributed by atoms with van der Waals surface area (Å²) in [4.78, 5) is 8.58. The van der Waals surface area contributed by atoms with E-state index in [0.29, 0.717) is 6.54 Å². The zero-order valence-corrected chi connectivity index (χ0v) is 11.6. The Bertz CT molecular complexity index is 544. The first-order chi connectivity index (χ1) is 8.99. The Balaban J connectivity index is 2.27. The second kappa shape index (κ2) is 5.36. The van der Waals surface area contributed by atoms with Crippen LogP contribution < -0.4 is 10.5 Å². The zero-order chi connectivity index (χ0) is 13.9. The van der Waals surface area contributed by atoms with Gasteiger partial charge in [0.25, 0.3) is 0 Å². The smallest absolute Gasteiger partial charge is 0.120 e. The van der Waals surface area contributed by atoms with Crippen LogP contribution in [0, 0.1) is 0 Å². The molecule has 1 aromatic heterocycles. The first-order valence-electron chi connectivity index (χ1n) is 6.29. The van der Waals surface area contributed by atoms with Gasteiger partial charge in [0.2, 0.25) is 0 Å². The highest BCUT2D eigenvalue weighted by Crippen LogP contribution is 2.24. The number of ether oxygens (including phenoxy) is 1. The Morgan fingerprint density at radius 1 is 1.05 bits per heavy atom. The molecule has 2 rings (SSSR count). The number of nitrogens with two attached hydrogens (primary N) is 1. The summed E-state index contributed by atoms with van der Waals surface area (Å²) < 4.78 is 5.79. The summed E-state index contributed by atoms with van der Waals surface area (Å²) in [5.74, 6) is 0.842. The molecule has 0 spiro atoms. The van der Waals surface area contributed by atoms with Crippen LogP contribution >= 0.6 is 0 Å². The third kappa shape index (κ3) is 3.51. The number of rotatable bonds is 3. The van der Waals surface area contributed by atoms with Crippen molar-refractivity contribution < 1.29 is 4.74 Å². The Morgan fingerprint density at radius 3 is 2.26 bits per heavy atom. The van der Waals surface area contributed by atoms with Crippen molar-refractivity contribution in [1.29, 1.82) is 0 Å². The standard InChI is InChI=1S/C15H19N3O/c1-15(2,3)19-12-6-4-11(5-7-12)14-13(10-16)17-8-9-18-14/h4-9H,10,16H2,1-3H3. The molecule has 2 aromatic rings. The maximum absolute atomic E-state index is 5.79. The van der Waals surface area contributed by atoms with Crippen LogP contribution in [0.1, 0.15) is 26.5 Å². The van der Waals surface area contributed by atoms with E-state index in [-0.39, 0.29) is 5.60 Å². The van der Waals surface area contributed by atoms with Gasteiger partial charge in [-0.3, -0.25) is 9.97 Å². The molecule has 0 radical (unpaired) electrons. The lowest BCUT2D eigenvalue weighted by molar-refractivity contribution is 0.131. The lowest BCUT2D eigenvalue weighted by atomic mass is 10.1. The summed E-state index contributed by atoms with van der Waals surface area (Å²) >= 11 is 0. The van der Waals surface area contributed by atoms with Gasteiger partial charge in [0.05, 0.1) is 11.4 Å². The van der Waals surface area contributed by atoms with Crippen LogP contribution in [-0.4, -0.2) is 15.6 Å². The van der Waals surface area contributed by atoms with E-state index in [0.717, 1.165) is 22.7 Å². The minimum Gasteiger partial charge on any atom is -0.488 e. The molecule has 0 aliphatic carbocycles. The maximum atomic E-state index is 5.79. The van der Waals surface area contributed by atoms with E-state index >= 15 is 0 Å².